The van der Waals surface area contributed by atoms with Gasteiger partial charge >= 0.3 is 0 Å². The summed E-state index contributed by atoms with van der Waals surface area (Å²) < 4.78 is 7.22. The molecule has 2 heterocycles. The summed E-state index contributed by atoms with van der Waals surface area (Å²) in [5.41, 5.74) is 1.75. The van der Waals surface area contributed by atoms with Gasteiger partial charge in [0.05, 0.1) is 12.6 Å². The normalized spacial score (nSPS) is 12.5. The number of fused-ring (bicyclic) bond motifs is 1. The fourth-order valence-electron chi connectivity index (χ4n) is 2.70. The first-order valence-electron chi connectivity index (χ1n) is 8.21. The molecule has 0 radical (unpaired) electrons. The van der Waals surface area contributed by atoms with E-state index in [4.69, 9.17) is 4.74 Å². The van der Waals surface area contributed by atoms with Gasteiger partial charge < -0.3 is 10.1 Å². The van der Waals surface area contributed by atoms with Crippen LogP contribution in [0.25, 0.3) is 5.65 Å². The quantitative estimate of drug-likeness (QED) is 0.719. The zero-order valence-electron chi connectivity index (χ0n) is 14.2. The van der Waals surface area contributed by atoms with E-state index in [-0.39, 0.29) is 6.04 Å². The lowest BCUT2D eigenvalue weighted by Gasteiger charge is -2.23. The van der Waals surface area contributed by atoms with Crippen molar-refractivity contribution in [1.82, 2.24) is 25.3 Å². The molecule has 0 spiro atoms. The second kappa shape index (κ2) is 7.25. The highest BCUT2D eigenvalue weighted by Gasteiger charge is 2.18. The minimum Gasteiger partial charge on any atom is -0.494 e. The molecule has 0 unspecified atom stereocenters. The van der Waals surface area contributed by atoms with Gasteiger partial charge in [-0.1, -0.05) is 32.0 Å². The summed E-state index contributed by atoms with van der Waals surface area (Å²) in [7, 11) is 0. The third-order valence-electron chi connectivity index (χ3n) is 3.69. The SMILES string of the molecule is CCOc1ccccc1[C@@H](CC(C)C)Nc1ccc2nnnn2n1. The Balaban J connectivity index is 1.91. The van der Waals surface area contributed by atoms with Crippen molar-refractivity contribution < 1.29 is 4.74 Å². The minimum atomic E-state index is 0.0918. The predicted octanol–water partition coefficient (Wildman–Crippen LogP) is 3.12. The van der Waals surface area contributed by atoms with Crippen LogP contribution in [0.3, 0.4) is 0 Å². The Bertz CT molecular complexity index is 800. The van der Waals surface area contributed by atoms with Crippen LogP contribution in [-0.2, 0) is 0 Å². The van der Waals surface area contributed by atoms with Gasteiger partial charge in [0.2, 0.25) is 0 Å². The number of nitrogens with one attached hydrogen (secondary N) is 1. The van der Waals surface area contributed by atoms with Gasteiger partial charge in [0.25, 0.3) is 0 Å². The van der Waals surface area contributed by atoms with Crippen LogP contribution in [-0.4, -0.2) is 31.9 Å². The standard InChI is InChI=1S/C17H22N6O/c1-4-24-15-8-6-5-7-13(15)14(11-12(2)3)18-16-9-10-17-19-21-22-23(17)20-16/h5-10,12,14H,4,11H2,1-3H3,(H,18,20)/t14-/m1/s1. The number of tetrazole rings is 1. The predicted molar refractivity (Wildman–Crippen MR) is 92.0 cm³/mol. The van der Waals surface area contributed by atoms with Gasteiger partial charge in [-0.15, -0.1) is 14.8 Å². The molecule has 0 amide bonds. The third-order valence-corrected chi connectivity index (χ3v) is 3.69. The molecule has 7 heteroatoms. The van der Waals surface area contributed by atoms with E-state index in [2.05, 4.69) is 45.9 Å². The molecule has 7 nitrogen and oxygen atoms in total. The maximum absolute atomic E-state index is 5.80. The smallest absolute Gasteiger partial charge is 0.200 e. The highest BCUT2D eigenvalue weighted by Crippen LogP contribution is 2.32. The molecule has 3 aromatic rings. The first-order chi connectivity index (χ1) is 11.7. The summed E-state index contributed by atoms with van der Waals surface area (Å²) in [6, 6.07) is 12.0. The van der Waals surface area contributed by atoms with E-state index in [1.807, 2.05) is 37.3 Å². The Labute approximate surface area is 141 Å². The molecule has 0 saturated heterocycles. The molecule has 1 atom stereocenters. The molecule has 0 bridgehead atoms. The molecule has 0 saturated carbocycles. The van der Waals surface area contributed by atoms with Crippen molar-refractivity contribution in [2.45, 2.75) is 33.2 Å². The molecule has 0 aliphatic carbocycles. The number of para-hydroxylation sites is 1. The fraction of sp³-hybridized carbons (Fsp3) is 0.412. The van der Waals surface area contributed by atoms with Crippen LogP contribution >= 0.6 is 0 Å². The molecule has 0 fully saturated rings. The molecule has 1 aromatic carbocycles. The number of hydrogen-bond acceptors (Lipinski definition) is 6. The highest BCUT2D eigenvalue weighted by atomic mass is 16.5. The van der Waals surface area contributed by atoms with Crippen molar-refractivity contribution in [3.05, 3.63) is 42.0 Å². The Morgan fingerprint density at radius 3 is 2.79 bits per heavy atom. The third kappa shape index (κ3) is 3.61. The largest absolute Gasteiger partial charge is 0.494 e. The number of ether oxygens (including phenoxy) is 1. The average molecular weight is 326 g/mol. The first kappa shape index (κ1) is 16.2. The molecule has 0 aliphatic heterocycles. The van der Waals surface area contributed by atoms with Gasteiger partial charge in [-0.05, 0) is 47.9 Å². The molecule has 1 N–H and O–H groups in total. The highest BCUT2D eigenvalue weighted by molar-refractivity contribution is 5.46. The molecule has 2 aromatic heterocycles. The Kier molecular flexibility index (Phi) is 4.88. The van der Waals surface area contributed by atoms with Crippen LogP contribution in [0.15, 0.2) is 36.4 Å². The second-order valence-corrected chi connectivity index (χ2v) is 6.04. The van der Waals surface area contributed by atoms with Gasteiger partial charge in [0, 0.05) is 5.56 Å². The first-order valence-corrected chi connectivity index (χ1v) is 8.21. The molecular formula is C17H22N6O. The molecular weight excluding hydrogens is 304 g/mol. The van der Waals surface area contributed by atoms with E-state index in [1.54, 1.807) is 0 Å². The van der Waals surface area contributed by atoms with Crippen molar-refractivity contribution >= 4 is 11.5 Å². The zero-order chi connectivity index (χ0) is 16.9. The van der Waals surface area contributed by atoms with E-state index in [1.165, 1.54) is 4.63 Å². The van der Waals surface area contributed by atoms with Crippen LogP contribution in [0.1, 0.15) is 38.8 Å². The topological polar surface area (TPSA) is 77.2 Å². The minimum absolute atomic E-state index is 0.0918. The van der Waals surface area contributed by atoms with Crippen molar-refractivity contribution in [3.8, 4) is 5.75 Å². The Morgan fingerprint density at radius 1 is 1.17 bits per heavy atom. The lowest BCUT2D eigenvalue weighted by atomic mass is 9.96. The van der Waals surface area contributed by atoms with Crippen LogP contribution in [0, 0.1) is 5.92 Å². The van der Waals surface area contributed by atoms with Crippen molar-refractivity contribution in [3.63, 3.8) is 0 Å². The van der Waals surface area contributed by atoms with E-state index in [0.717, 1.165) is 23.6 Å². The monoisotopic (exact) mass is 326 g/mol. The van der Waals surface area contributed by atoms with Crippen molar-refractivity contribution in [2.24, 2.45) is 5.92 Å². The van der Waals surface area contributed by atoms with Gasteiger partial charge in [-0.25, -0.2) is 0 Å². The van der Waals surface area contributed by atoms with Crippen molar-refractivity contribution in [2.75, 3.05) is 11.9 Å². The molecule has 0 aliphatic rings. The number of hydrogen-bond donors (Lipinski definition) is 1. The summed E-state index contributed by atoms with van der Waals surface area (Å²) in [6.45, 7) is 7.04. The lowest BCUT2D eigenvalue weighted by molar-refractivity contribution is 0.333. The second-order valence-electron chi connectivity index (χ2n) is 6.04. The van der Waals surface area contributed by atoms with Gasteiger partial charge in [0.1, 0.15) is 11.6 Å². The summed E-state index contributed by atoms with van der Waals surface area (Å²) in [4.78, 5) is 0. The maximum Gasteiger partial charge on any atom is 0.200 e. The average Bonchev–Trinajstić information content (AvgIpc) is 3.02. The van der Waals surface area contributed by atoms with Crippen LogP contribution in [0.5, 0.6) is 5.75 Å². The summed E-state index contributed by atoms with van der Waals surface area (Å²) in [5.74, 6) is 2.15. The van der Waals surface area contributed by atoms with Gasteiger partial charge in [0.15, 0.2) is 5.65 Å². The Hall–Kier alpha value is -2.70. The van der Waals surface area contributed by atoms with E-state index in [0.29, 0.717) is 18.2 Å². The van der Waals surface area contributed by atoms with E-state index < -0.39 is 0 Å². The van der Waals surface area contributed by atoms with Crippen LogP contribution < -0.4 is 10.1 Å². The van der Waals surface area contributed by atoms with E-state index >= 15 is 0 Å². The van der Waals surface area contributed by atoms with Gasteiger partial charge in [-0.3, -0.25) is 0 Å². The van der Waals surface area contributed by atoms with Gasteiger partial charge in [-0.2, -0.15) is 0 Å². The molecule has 126 valence electrons. The van der Waals surface area contributed by atoms with Crippen LogP contribution in [0.2, 0.25) is 0 Å². The molecule has 3 rings (SSSR count). The summed E-state index contributed by atoms with van der Waals surface area (Å²) in [5, 5.41) is 19.3. The number of anilines is 1. The van der Waals surface area contributed by atoms with Crippen LogP contribution in [0.4, 0.5) is 5.82 Å². The van der Waals surface area contributed by atoms with E-state index in [9.17, 15) is 0 Å². The number of nitrogens with zero attached hydrogens (tertiary/aromatic N) is 5. The summed E-state index contributed by atoms with van der Waals surface area (Å²) >= 11 is 0. The zero-order valence-corrected chi connectivity index (χ0v) is 14.2. The number of rotatable bonds is 7. The molecule has 24 heavy (non-hydrogen) atoms. The lowest BCUT2D eigenvalue weighted by Crippen LogP contribution is -2.16. The van der Waals surface area contributed by atoms with Crippen molar-refractivity contribution in [1.29, 1.82) is 0 Å². The number of benzene rings is 1. The number of aromatic nitrogens is 5. The summed E-state index contributed by atoms with van der Waals surface area (Å²) in [6.07, 6.45) is 0.958. The maximum atomic E-state index is 5.80. The fourth-order valence-corrected chi connectivity index (χ4v) is 2.70. The Morgan fingerprint density at radius 2 is 2.00 bits per heavy atom.